The third-order valence-electron chi connectivity index (χ3n) is 3.05. The Hall–Kier alpha value is -0.820. The Morgan fingerprint density at radius 2 is 1.36 bits per heavy atom. The zero-order valence-corrected chi connectivity index (χ0v) is 17.2. The molecule has 0 aliphatic heterocycles. The zero-order chi connectivity index (χ0) is 19.5. The Kier molecular flexibility index (Phi) is 6.28. The third kappa shape index (κ3) is 11.4. The number of aryl methyl sites for hydroxylation is 1. The van der Waals surface area contributed by atoms with Gasteiger partial charge in [0.1, 0.15) is 0 Å². The molecule has 0 aliphatic rings. The zero-order valence-electron chi connectivity index (χ0n) is 13.9. The van der Waals surface area contributed by atoms with Crippen LogP contribution in [0.5, 0.6) is 0 Å². The molecule has 0 saturated carbocycles. The van der Waals surface area contributed by atoms with Crippen LogP contribution in [0.2, 0.25) is 0 Å². The van der Waals surface area contributed by atoms with Crippen molar-refractivity contribution in [3.8, 4) is 11.1 Å². The van der Waals surface area contributed by atoms with Crippen molar-refractivity contribution in [2.45, 2.75) is 27.2 Å². The first-order valence-corrected chi connectivity index (χ1v) is 10.6. The van der Waals surface area contributed by atoms with Crippen molar-refractivity contribution in [1.29, 1.82) is 0 Å². The van der Waals surface area contributed by atoms with E-state index in [4.69, 9.17) is 0 Å². The molecule has 0 aliphatic carbocycles. The van der Waals surface area contributed by atoms with E-state index < -0.39 is 7.81 Å². The van der Waals surface area contributed by atoms with Gasteiger partial charge < -0.3 is 0 Å². The molecule has 0 aromatic heterocycles. The van der Waals surface area contributed by atoms with E-state index in [1.54, 1.807) is 0 Å². The van der Waals surface area contributed by atoms with Gasteiger partial charge in [-0.3, -0.25) is 0 Å². The van der Waals surface area contributed by atoms with Crippen molar-refractivity contribution in [2.75, 3.05) is 0 Å². The quantitative estimate of drug-likeness (QED) is 0.329. The van der Waals surface area contributed by atoms with Gasteiger partial charge in [-0.15, -0.1) is 0 Å². The summed E-state index contributed by atoms with van der Waals surface area (Å²) in [7, 11) is -10.7. The molecule has 0 N–H and O–H groups in total. The molecule has 2 rings (SSSR count). The summed E-state index contributed by atoms with van der Waals surface area (Å²) in [5, 5.41) is 0. The average Bonchev–Trinajstić information content (AvgIpc) is 2.38. The Balaban J connectivity index is 0.000000381. The molecule has 0 amide bonds. The molecular weight excluding hydrogens is 476 g/mol. The molecule has 142 valence electrons. The predicted molar refractivity (Wildman–Crippen MR) is 88.8 cm³/mol. The van der Waals surface area contributed by atoms with Gasteiger partial charge in [0.15, 0.2) is 3.57 Å². The average molecular weight is 496 g/mol. The van der Waals surface area contributed by atoms with Gasteiger partial charge in [0.05, 0.1) is 0 Å². The summed E-state index contributed by atoms with van der Waals surface area (Å²) < 4.78 is 60.6. The Morgan fingerprint density at radius 3 is 1.80 bits per heavy atom. The van der Waals surface area contributed by atoms with Crippen LogP contribution in [-0.4, -0.2) is 0 Å². The summed E-state index contributed by atoms with van der Waals surface area (Å²) >= 11 is 2.11. The second-order valence-corrected chi connectivity index (χ2v) is 9.42. The summed E-state index contributed by atoms with van der Waals surface area (Å²) in [6, 6.07) is 15.7. The van der Waals surface area contributed by atoms with Gasteiger partial charge in [-0.1, -0.05) is 49.7 Å². The topological polar surface area (TPSA) is 0 Å². The molecule has 2 aromatic rings. The number of rotatable bonds is 3. The maximum atomic E-state index is 9.87. The Morgan fingerprint density at radius 1 is 0.880 bits per heavy atom. The van der Waals surface area contributed by atoms with Crippen LogP contribution in [0, 0.1) is 16.4 Å². The summed E-state index contributed by atoms with van der Waals surface area (Å²) in [6.45, 7) is 6.67. The number of hydrogen-bond acceptors (Lipinski definition) is 0. The molecule has 0 unspecified atom stereocenters. The van der Waals surface area contributed by atoms with Crippen molar-refractivity contribution >= 4 is 7.81 Å². The van der Waals surface area contributed by atoms with E-state index in [0.29, 0.717) is 5.92 Å². The minimum absolute atomic E-state index is 0.708. The van der Waals surface area contributed by atoms with Crippen LogP contribution in [0.15, 0.2) is 42.5 Å². The fourth-order valence-electron chi connectivity index (χ4n) is 2.13. The Labute approximate surface area is 157 Å². The first-order valence-electron chi connectivity index (χ1n) is 7.44. The second-order valence-electron chi connectivity index (χ2n) is 6.25. The third-order valence-corrected chi connectivity index (χ3v) is 4.07. The SMILES string of the molecule is Cc1ccc(-c2cc(CC(C)C)ccc2[IH+])cc1.F[P-](F)(F)(F)(F)F. The van der Waals surface area contributed by atoms with Crippen LogP contribution < -0.4 is 22.6 Å². The van der Waals surface area contributed by atoms with E-state index in [1.807, 2.05) is 0 Å². The van der Waals surface area contributed by atoms with E-state index >= 15 is 0 Å². The van der Waals surface area contributed by atoms with Gasteiger partial charge in [0.25, 0.3) is 22.6 Å². The summed E-state index contributed by atoms with van der Waals surface area (Å²) in [5.74, 6) is 0.708. The van der Waals surface area contributed by atoms with Crippen molar-refractivity contribution in [3.63, 3.8) is 0 Å². The Bertz CT molecular complexity index is 710. The van der Waals surface area contributed by atoms with Gasteiger partial charge in [-0.25, -0.2) is 0 Å². The molecule has 0 spiro atoms. The van der Waals surface area contributed by atoms with Gasteiger partial charge >= 0.3 is 33.0 Å². The molecule has 8 heteroatoms. The molecule has 0 radical (unpaired) electrons. The molecule has 0 atom stereocenters. The maximum absolute atomic E-state index is 10.7. The van der Waals surface area contributed by atoms with Crippen LogP contribution in [0.3, 0.4) is 0 Å². The van der Waals surface area contributed by atoms with Gasteiger partial charge in [-0.2, -0.15) is 0 Å². The molecule has 0 nitrogen and oxygen atoms in total. The van der Waals surface area contributed by atoms with Gasteiger partial charge in [0, 0.05) is 5.56 Å². The van der Waals surface area contributed by atoms with Crippen LogP contribution in [-0.2, 0) is 6.42 Å². The van der Waals surface area contributed by atoms with Crippen LogP contribution in [0.25, 0.3) is 11.1 Å². The first kappa shape index (κ1) is 22.2. The van der Waals surface area contributed by atoms with E-state index in [1.165, 1.54) is 25.8 Å². The second kappa shape index (κ2) is 7.06. The van der Waals surface area contributed by atoms with E-state index in [9.17, 15) is 25.2 Å². The van der Waals surface area contributed by atoms with Crippen molar-refractivity contribution in [2.24, 2.45) is 5.92 Å². The summed E-state index contributed by atoms with van der Waals surface area (Å²) in [5.41, 5.74) is 5.45. The van der Waals surface area contributed by atoms with E-state index in [0.717, 1.165) is 6.42 Å². The van der Waals surface area contributed by atoms with Crippen molar-refractivity contribution < 1.29 is 47.8 Å². The normalized spacial score (nSPS) is 14.4. The molecule has 0 saturated heterocycles. The summed E-state index contributed by atoms with van der Waals surface area (Å²) in [6.07, 6.45) is 1.15. The predicted octanol–water partition coefficient (Wildman–Crippen LogP) is 4.70. The number of hydrogen-bond donors (Lipinski definition) is 0. The van der Waals surface area contributed by atoms with E-state index in [-0.39, 0.29) is 0 Å². The van der Waals surface area contributed by atoms with Gasteiger partial charge in [0.2, 0.25) is 0 Å². The number of benzene rings is 2. The van der Waals surface area contributed by atoms with Crippen LogP contribution >= 0.6 is 7.81 Å². The van der Waals surface area contributed by atoms with Crippen molar-refractivity contribution in [1.82, 2.24) is 0 Å². The molecule has 0 fully saturated rings. The van der Waals surface area contributed by atoms with Crippen LogP contribution in [0.1, 0.15) is 25.0 Å². The minimum atomic E-state index is -10.7. The first-order chi connectivity index (χ1) is 11.0. The van der Waals surface area contributed by atoms with E-state index in [2.05, 4.69) is 85.8 Å². The van der Waals surface area contributed by atoms with Crippen molar-refractivity contribution in [3.05, 3.63) is 57.2 Å². The molecule has 25 heavy (non-hydrogen) atoms. The number of halogens is 7. The monoisotopic (exact) mass is 496 g/mol. The summed E-state index contributed by atoms with van der Waals surface area (Å²) in [4.78, 5) is 0. The van der Waals surface area contributed by atoms with Gasteiger partial charge in [-0.05, 0) is 42.5 Å². The molecular formula is C17H20F6IP. The standard InChI is InChI=1S/C17H20I.F6P/c1-12(2)10-14-6-9-17(18)16(11-14)15-7-4-13(3)5-8-15;1-7(2,3,4,5)6/h4-9,11-12,18H,10H2,1-3H3;/q+1;-1. The fourth-order valence-corrected chi connectivity index (χ4v) is 2.83. The molecule has 0 bridgehead atoms. The fraction of sp³-hybridized carbons (Fsp3) is 0.294. The molecule has 0 heterocycles. The molecule has 2 aromatic carbocycles. The van der Waals surface area contributed by atoms with Crippen LogP contribution in [0.4, 0.5) is 25.2 Å².